The molecule has 1 atom stereocenters. The van der Waals surface area contributed by atoms with Crippen molar-refractivity contribution in [1.29, 1.82) is 0 Å². The molecule has 0 amide bonds. The maximum Gasteiger partial charge on any atom is 0.314 e. The van der Waals surface area contributed by atoms with Crippen LogP contribution >= 0.6 is 0 Å². The molecule has 1 aromatic carbocycles. The fourth-order valence-electron chi connectivity index (χ4n) is 3.17. The lowest BCUT2D eigenvalue weighted by Crippen LogP contribution is -2.32. The zero-order chi connectivity index (χ0) is 15.6. The number of hydrogen-bond acceptors (Lipinski definition) is 3. The van der Waals surface area contributed by atoms with E-state index in [-0.39, 0.29) is 0 Å². The molecular formula is C16H21FO4. The number of methoxy groups -OCH3 is 2. The third kappa shape index (κ3) is 2.57. The molecule has 1 fully saturated rings. The largest absolute Gasteiger partial charge is 0.493 e. The Morgan fingerprint density at radius 3 is 2.33 bits per heavy atom. The average molecular weight is 296 g/mol. The van der Waals surface area contributed by atoms with E-state index >= 15 is 0 Å². The number of halogens is 1. The van der Waals surface area contributed by atoms with Crippen LogP contribution in [0.1, 0.15) is 49.9 Å². The van der Waals surface area contributed by atoms with Gasteiger partial charge in [0.05, 0.1) is 19.6 Å². The quantitative estimate of drug-likeness (QED) is 0.901. The summed E-state index contributed by atoms with van der Waals surface area (Å²) >= 11 is 0. The third-order valence-corrected chi connectivity index (χ3v) is 4.36. The second kappa shape index (κ2) is 5.92. The van der Waals surface area contributed by atoms with E-state index in [2.05, 4.69) is 0 Å². The Morgan fingerprint density at radius 1 is 1.29 bits per heavy atom. The van der Waals surface area contributed by atoms with Gasteiger partial charge in [-0.25, -0.2) is 4.39 Å². The highest BCUT2D eigenvalue weighted by Crippen LogP contribution is 2.46. The van der Waals surface area contributed by atoms with Crippen molar-refractivity contribution in [1.82, 2.24) is 0 Å². The van der Waals surface area contributed by atoms with Gasteiger partial charge in [0.25, 0.3) is 0 Å². The van der Waals surface area contributed by atoms with Crippen LogP contribution < -0.4 is 9.47 Å². The maximum absolute atomic E-state index is 13.9. The van der Waals surface area contributed by atoms with Crippen molar-refractivity contribution in [2.45, 2.75) is 44.2 Å². The molecule has 1 aliphatic carbocycles. The highest BCUT2D eigenvalue weighted by molar-refractivity contribution is 5.82. The van der Waals surface area contributed by atoms with Crippen LogP contribution in [0.2, 0.25) is 0 Å². The first kappa shape index (κ1) is 15.6. The van der Waals surface area contributed by atoms with Crippen molar-refractivity contribution in [3.05, 3.63) is 23.3 Å². The van der Waals surface area contributed by atoms with Gasteiger partial charge in [-0.15, -0.1) is 0 Å². The molecule has 0 spiro atoms. The number of carboxylic acids is 1. The van der Waals surface area contributed by atoms with Crippen molar-refractivity contribution < 1.29 is 23.8 Å². The molecule has 4 nitrogen and oxygen atoms in total. The molecule has 1 saturated carbocycles. The van der Waals surface area contributed by atoms with E-state index in [0.29, 0.717) is 35.5 Å². The number of benzene rings is 1. The molecule has 1 N–H and O–H groups in total. The highest BCUT2D eigenvalue weighted by Gasteiger charge is 2.43. The second-order valence-electron chi connectivity index (χ2n) is 5.51. The van der Waals surface area contributed by atoms with Crippen LogP contribution in [-0.4, -0.2) is 25.3 Å². The average Bonchev–Trinajstić information content (AvgIpc) is 2.96. The van der Waals surface area contributed by atoms with Gasteiger partial charge in [0.2, 0.25) is 0 Å². The normalized spacial score (nSPS) is 18.3. The molecule has 0 aliphatic heterocycles. The fourth-order valence-corrected chi connectivity index (χ4v) is 3.17. The van der Waals surface area contributed by atoms with Gasteiger partial charge in [-0.3, -0.25) is 4.79 Å². The first-order valence-corrected chi connectivity index (χ1v) is 7.10. The smallest absolute Gasteiger partial charge is 0.314 e. The lowest BCUT2D eigenvalue weighted by atomic mass is 9.78. The first-order valence-electron chi connectivity index (χ1n) is 7.10. The van der Waals surface area contributed by atoms with Crippen molar-refractivity contribution in [2.24, 2.45) is 0 Å². The summed E-state index contributed by atoms with van der Waals surface area (Å²) in [7, 11) is 2.92. The second-order valence-corrected chi connectivity index (χ2v) is 5.51. The molecule has 2 rings (SSSR count). The number of rotatable bonds is 5. The molecule has 0 bridgehead atoms. The standard InChI is InChI=1S/C16H21FO4/c1-10(17)12-8-11(9-13(20-2)14(12)21-3)16(15(18)19)6-4-5-7-16/h8-10H,4-7H2,1-3H3,(H,18,19). The maximum atomic E-state index is 13.9. The van der Waals surface area contributed by atoms with Crippen LogP contribution in [-0.2, 0) is 10.2 Å². The summed E-state index contributed by atoms with van der Waals surface area (Å²) in [5, 5.41) is 9.67. The van der Waals surface area contributed by atoms with E-state index in [1.54, 1.807) is 12.1 Å². The van der Waals surface area contributed by atoms with E-state index in [9.17, 15) is 14.3 Å². The predicted octanol–water partition coefficient (Wildman–Crippen LogP) is 3.63. The molecule has 0 radical (unpaired) electrons. The van der Waals surface area contributed by atoms with Crippen LogP contribution in [0.5, 0.6) is 11.5 Å². The van der Waals surface area contributed by atoms with Gasteiger partial charge in [-0.2, -0.15) is 0 Å². The van der Waals surface area contributed by atoms with Gasteiger partial charge in [0.1, 0.15) is 6.17 Å². The number of hydrogen-bond donors (Lipinski definition) is 1. The number of aliphatic carboxylic acids is 1. The number of carbonyl (C=O) groups is 1. The lowest BCUT2D eigenvalue weighted by Gasteiger charge is -2.26. The Morgan fingerprint density at radius 2 is 1.90 bits per heavy atom. The summed E-state index contributed by atoms with van der Waals surface area (Å²) in [6.07, 6.45) is 1.60. The molecule has 1 unspecified atom stereocenters. The van der Waals surface area contributed by atoms with E-state index in [0.717, 1.165) is 12.8 Å². The van der Waals surface area contributed by atoms with Crippen LogP contribution in [0.3, 0.4) is 0 Å². The third-order valence-electron chi connectivity index (χ3n) is 4.36. The summed E-state index contributed by atoms with van der Waals surface area (Å²) in [6.45, 7) is 1.41. The van der Waals surface area contributed by atoms with Crippen molar-refractivity contribution in [3.63, 3.8) is 0 Å². The van der Waals surface area contributed by atoms with Crippen LogP contribution in [0.15, 0.2) is 12.1 Å². The molecule has 1 aliphatic rings. The minimum Gasteiger partial charge on any atom is -0.493 e. The lowest BCUT2D eigenvalue weighted by molar-refractivity contribution is -0.143. The molecule has 21 heavy (non-hydrogen) atoms. The molecule has 116 valence electrons. The van der Waals surface area contributed by atoms with E-state index in [1.807, 2.05) is 0 Å². The van der Waals surface area contributed by atoms with E-state index < -0.39 is 17.6 Å². The zero-order valence-corrected chi connectivity index (χ0v) is 12.6. The van der Waals surface area contributed by atoms with Crippen molar-refractivity contribution >= 4 is 5.97 Å². The molecule has 0 heterocycles. The van der Waals surface area contributed by atoms with Crippen LogP contribution in [0, 0.1) is 0 Å². The van der Waals surface area contributed by atoms with Gasteiger partial charge in [-0.1, -0.05) is 12.8 Å². The van der Waals surface area contributed by atoms with Gasteiger partial charge >= 0.3 is 5.97 Å². The molecular weight excluding hydrogens is 275 g/mol. The molecule has 0 saturated heterocycles. The topological polar surface area (TPSA) is 55.8 Å². The predicted molar refractivity (Wildman–Crippen MR) is 76.9 cm³/mol. The Bertz CT molecular complexity index is 533. The van der Waals surface area contributed by atoms with Crippen molar-refractivity contribution in [3.8, 4) is 11.5 Å². The highest BCUT2D eigenvalue weighted by atomic mass is 19.1. The minimum atomic E-state index is -1.26. The number of carboxylic acid groups (broad SMARTS) is 1. The molecule has 5 heteroatoms. The van der Waals surface area contributed by atoms with Crippen molar-refractivity contribution in [2.75, 3.05) is 14.2 Å². The SMILES string of the molecule is COc1cc(C2(C(=O)O)CCCC2)cc(C(C)F)c1OC. The summed E-state index contributed by atoms with van der Waals surface area (Å²) in [4.78, 5) is 11.8. The molecule has 1 aromatic rings. The number of alkyl halides is 1. The Hall–Kier alpha value is -1.78. The van der Waals surface area contributed by atoms with Crippen LogP contribution in [0.25, 0.3) is 0 Å². The Kier molecular flexibility index (Phi) is 4.40. The Labute approximate surface area is 123 Å². The van der Waals surface area contributed by atoms with Gasteiger partial charge in [0.15, 0.2) is 11.5 Å². The first-order chi connectivity index (χ1) is 9.96. The van der Waals surface area contributed by atoms with E-state index in [1.165, 1.54) is 21.1 Å². The summed E-state index contributed by atoms with van der Waals surface area (Å²) < 4.78 is 24.4. The number of ether oxygens (including phenoxy) is 2. The summed E-state index contributed by atoms with van der Waals surface area (Å²) in [6, 6.07) is 3.29. The molecule has 0 aromatic heterocycles. The Balaban J connectivity index is 2.64. The van der Waals surface area contributed by atoms with Gasteiger partial charge in [0, 0.05) is 5.56 Å². The van der Waals surface area contributed by atoms with Gasteiger partial charge in [-0.05, 0) is 37.5 Å². The zero-order valence-electron chi connectivity index (χ0n) is 12.6. The minimum absolute atomic E-state index is 0.329. The monoisotopic (exact) mass is 296 g/mol. The summed E-state index contributed by atoms with van der Waals surface area (Å²) in [5.41, 5.74) is -0.00700. The van der Waals surface area contributed by atoms with E-state index in [4.69, 9.17) is 9.47 Å². The van der Waals surface area contributed by atoms with Gasteiger partial charge < -0.3 is 14.6 Å². The van der Waals surface area contributed by atoms with Crippen LogP contribution in [0.4, 0.5) is 4.39 Å². The summed E-state index contributed by atoms with van der Waals surface area (Å²) in [5.74, 6) is -0.151. The fraction of sp³-hybridized carbons (Fsp3) is 0.562.